The fourth-order valence-corrected chi connectivity index (χ4v) is 2.21. The van der Waals surface area contributed by atoms with E-state index in [-0.39, 0.29) is 5.28 Å². The zero-order chi connectivity index (χ0) is 13.0. The van der Waals surface area contributed by atoms with E-state index in [1.165, 1.54) is 0 Å². The minimum absolute atomic E-state index is 0.170. The maximum atomic E-state index is 5.82. The molecule has 0 aliphatic carbocycles. The molecule has 2 rings (SSSR count). The zero-order valence-corrected chi connectivity index (χ0v) is 11.6. The van der Waals surface area contributed by atoms with E-state index in [1.54, 1.807) is 11.3 Å². The number of aryl methyl sites for hydroxylation is 1. The standard InChI is InChI=1S/C10H13ClN6S/c1-3-12-9-15-8(11)16-10(17-9)14-5-7-4-13-6(2)18-7/h4H,3,5H2,1-2H3,(H2,12,14,15,16,17). The van der Waals surface area contributed by atoms with E-state index in [0.29, 0.717) is 18.4 Å². The maximum absolute atomic E-state index is 5.82. The highest BCUT2D eigenvalue weighted by Gasteiger charge is 2.05. The number of hydrogen-bond donors (Lipinski definition) is 2. The molecule has 2 heterocycles. The predicted octanol–water partition coefficient (Wildman–Crippen LogP) is 2.33. The Labute approximate surface area is 114 Å². The molecule has 0 unspecified atom stereocenters. The van der Waals surface area contributed by atoms with Gasteiger partial charge in [0.25, 0.3) is 0 Å². The maximum Gasteiger partial charge on any atom is 0.229 e. The summed E-state index contributed by atoms with van der Waals surface area (Å²) in [6, 6.07) is 0. The summed E-state index contributed by atoms with van der Waals surface area (Å²) in [6.07, 6.45) is 1.83. The van der Waals surface area contributed by atoms with E-state index in [2.05, 4.69) is 30.6 Å². The van der Waals surface area contributed by atoms with Gasteiger partial charge >= 0.3 is 0 Å². The van der Waals surface area contributed by atoms with Crippen molar-refractivity contribution >= 4 is 34.8 Å². The Morgan fingerprint density at radius 1 is 1.22 bits per heavy atom. The second-order valence-electron chi connectivity index (χ2n) is 3.48. The Morgan fingerprint density at radius 2 is 1.94 bits per heavy atom. The predicted molar refractivity (Wildman–Crippen MR) is 73.2 cm³/mol. The van der Waals surface area contributed by atoms with E-state index < -0.39 is 0 Å². The fraction of sp³-hybridized carbons (Fsp3) is 0.400. The minimum Gasteiger partial charge on any atom is -0.354 e. The van der Waals surface area contributed by atoms with E-state index in [9.17, 15) is 0 Å². The van der Waals surface area contributed by atoms with Gasteiger partial charge in [-0.25, -0.2) is 4.98 Å². The van der Waals surface area contributed by atoms with Gasteiger partial charge in [0.2, 0.25) is 17.2 Å². The number of aromatic nitrogens is 4. The van der Waals surface area contributed by atoms with Crippen molar-refractivity contribution < 1.29 is 0 Å². The molecular formula is C10H13ClN6S. The van der Waals surface area contributed by atoms with Crippen LogP contribution in [0.4, 0.5) is 11.9 Å². The van der Waals surface area contributed by atoms with Gasteiger partial charge < -0.3 is 10.6 Å². The fourth-order valence-electron chi connectivity index (χ4n) is 1.32. The molecule has 0 radical (unpaired) electrons. The van der Waals surface area contributed by atoms with Gasteiger partial charge in [0.15, 0.2) is 0 Å². The number of anilines is 2. The minimum atomic E-state index is 0.170. The summed E-state index contributed by atoms with van der Waals surface area (Å²) >= 11 is 7.45. The Bertz CT molecular complexity index is 529. The normalized spacial score (nSPS) is 10.4. The van der Waals surface area contributed by atoms with Gasteiger partial charge in [0.05, 0.1) is 11.6 Å². The van der Waals surface area contributed by atoms with Crippen LogP contribution in [0.2, 0.25) is 5.28 Å². The van der Waals surface area contributed by atoms with Crippen LogP contribution in [0.1, 0.15) is 16.8 Å². The van der Waals surface area contributed by atoms with Crippen LogP contribution in [-0.4, -0.2) is 26.5 Å². The highest BCUT2D eigenvalue weighted by molar-refractivity contribution is 7.11. The molecule has 2 aromatic heterocycles. The van der Waals surface area contributed by atoms with E-state index >= 15 is 0 Å². The Balaban J connectivity index is 2.04. The lowest BCUT2D eigenvalue weighted by Crippen LogP contribution is -2.08. The second-order valence-corrected chi connectivity index (χ2v) is 5.14. The molecule has 96 valence electrons. The van der Waals surface area contributed by atoms with Crippen molar-refractivity contribution in [3.05, 3.63) is 21.4 Å². The SMILES string of the molecule is CCNc1nc(Cl)nc(NCc2cnc(C)s2)n1. The van der Waals surface area contributed by atoms with Gasteiger partial charge in [-0.2, -0.15) is 15.0 Å². The average Bonchev–Trinajstić information content (AvgIpc) is 2.72. The van der Waals surface area contributed by atoms with Crippen molar-refractivity contribution in [2.45, 2.75) is 20.4 Å². The van der Waals surface area contributed by atoms with Crippen LogP contribution in [0, 0.1) is 6.92 Å². The first-order chi connectivity index (χ1) is 8.67. The Kier molecular flexibility index (Phi) is 4.27. The summed E-state index contributed by atoms with van der Waals surface area (Å²) in [6.45, 7) is 5.29. The molecule has 0 bridgehead atoms. The van der Waals surface area contributed by atoms with Crippen LogP contribution in [0.5, 0.6) is 0 Å². The largest absolute Gasteiger partial charge is 0.354 e. The molecule has 0 spiro atoms. The molecule has 2 aromatic rings. The molecule has 0 saturated carbocycles. The smallest absolute Gasteiger partial charge is 0.229 e. The number of rotatable bonds is 5. The van der Waals surface area contributed by atoms with Crippen molar-refractivity contribution in [3.8, 4) is 0 Å². The average molecular weight is 285 g/mol. The van der Waals surface area contributed by atoms with Crippen molar-refractivity contribution in [1.29, 1.82) is 0 Å². The third-order valence-corrected chi connectivity index (χ3v) is 3.11. The summed E-state index contributed by atoms with van der Waals surface area (Å²) in [5, 5.41) is 7.30. The highest BCUT2D eigenvalue weighted by Crippen LogP contribution is 2.14. The summed E-state index contributed by atoms with van der Waals surface area (Å²) in [4.78, 5) is 17.5. The first kappa shape index (κ1) is 13.0. The molecule has 6 nitrogen and oxygen atoms in total. The number of halogens is 1. The first-order valence-corrected chi connectivity index (χ1v) is 6.67. The van der Waals surface area contributed by atoms with Crippen LogP contribution in [0.3, 0.4) is 0 Å². The number of nitrogens with zero attached hydrogens (tertiary/aromatic N) is 4. The van der Waals surface area contributed by atoms with Crippen molar-refractivity contribution in [1.82, 2.24) is 19.9 Å². The third-order valence-electron chi connectivity index (χ3n) is 2.03. The molecule has 0 aromatic carbocycles. The molecule has 0 aliphatic rings. The van der Waals surface area contributed by atoms with Crippen LogP contribution >= 0.6 is 22.9 Å². The molecule has 0 fully saturated rings. The first-order valence-electron chi connectivity index (χ1n) is 5.48. The van der Waals surface area contributed by atoms with E-state index in [0.717, 1.165) is 16.4 Å². The molecule has 0 amide bonds. The zero-order valence-electron chi connectivity index (χ0n) is 10.1. The highest BCUT2D eigenvalue weighted by atomic mass is 35.5. The molecule has 0 atom stereocenters. The summed E-state index contributed by atoms with van der Waals surface area (Å²) < 4.78 is 0. The van der Waals surface area contributed by atoms with Gasteiger partial charge in [0.1, 0.15) is 0 Å². The Morgan fingerprint density at radius 3 is 2.56 bits per heavy atom. The summed E-state index contributed by atoms with van der Waals surface area (Å²) in [7, 11) is 0. The van der Waals surface area contributed by atoms with Crippen LogP contribution < -0.4 is 10.6 Å². The van der Waals surface area contributed by atoms with Crippen LogP contribution in [0.15, 0.2) is 6.20 Å². The molecule has 0 aliphatic heterocycles. The van der Waals surface area contributed by atoms with Gasteiger partial charge in [-0.15, -0.1) is 11.3 Å². The summed E-state index contributed by atoms with van der Waals surface area (Å²) in [5.41, 5.74) is 0. The monoisotopic (exact) mass is 284 g/mol. The molecule has 18 heavy (non-hydrogen) atoms. The molecule has 2 N–H and O–H groups in total. The number of thiazole rings is 1. The third kappa shape index (κ3) is 3.51. The van der Waals surface area contributed by atoms with Gasteiger partial charge in [0, 0.05) is 17.6 Å². The van der Waals surface area contributed by atoms with Crippen molar-refractivity contribution in [3.63, 3.8) is 0 Å². The lowest BCUT2D eigenvalue weighted by Gasteiger charge is -2.05. The number of nitrogens with one attached hydrogen (secondary N) is 2. The lowest BCUT2D eigenvalue weighted by atomic mass is 10.5. The Hall–Kier alpha value is -1.47. The molecular weight excluding hydrogens is 272 g/mol. The van der Waals surface area contributed by atoms with Gasteiger partial charge in [-0.3, -0.25) is 0 Å². The number of hydrogen-bond acceptors (Lipinski definition) is 7. The van der Waals surface area contributed by atoms with Gasteiger partial charge in [-0.1, -0.05) is 0 Å². The van der Waals surface area contributed by atoms with Gasteiger partial charge in [-0.05, 0) is 25.4 Å². The van der Waals surface area contributed by atoms with E-state index in [4.69, 9.17) is 11.6 Å². The molecule has 0 saturated heterocycles. The van der Waals surface area contributed by atoms with Crippen LogP contribution in [-0.2, 0) is 6.54 Å². The lowest BCUT2D eigenvalue weighted by molar-refractivity contribution is 0.992. The molecule has 8 heteroatoms. The van der Waals surface area contributed by atoms with E-state index in [1.807, 2.05) is 20.0 Å². The summed E-state index contributed by atoms with van der Waals surface area (Å²) in [5.74, 6) is 0.928. The van der Waals surface area contributed by atoms with Crippen molar-refractivity contribution in [2.75, 3.05) is 17.2 Å². The second kappa shape index (κ2) is 5.92. The van der Waals surface area contributed by atoms with Crippen LogP contribution in [0.25, 0.3) is 0 Å². The van der Waals surface area contributed by atoms with Crippen molar-refractivity contribution in [2.24, 2.45) is 0 Å². The quantitative estimate of drug-likeness (QED) is 0.878. The topological polar surface area (TPSA) is 75.6 Å².